The van der Waals surface area contributed by atoms with Crippen LogP contribution in [-0.4, -0.2) is 24.3 Å². The van der Waals surface area contributed by atoms with E-state index in [9.17, 15) is 0 Å². The third-order valence-corrected chi connectivity index (χ3v) is 2.94. The molecule has 2 N–H and O–H groups in total. The highest BCUT2D eigenvalue weighted by Gasteiger charge is 2.12. The Balaban J connectivity index is 2.25. The van der Waals surface area contributed by atoms with Crippen molar-refractivity contribution in [2.45, 2.75) is 0 Å². The number of hydrogen-bond acceptors (Lipinski definition) is 5. The second kappa shape index (κ2) is 4.49. The molecule has 2 rings (SSSR count). The van der Waals surface area contributed by atoms with Crippen LogP contribution < -0.4 is 10.5 Å². The van der Waals surface area contributed by atoms with Crippen molar-refractivity contribution in [2.24, 2.45) is 10.8 Å². The molecule has 1 heterocycles. The van der Waals surface area contributed by atoms with Gasteiger partial charge in [0.2, 0.25) is 0 Å². The Bertz CT molecular complexity index is 439. The van der Waals surface area contributed by atoms with E-state index in [0.29, 0.717) is 5.17 Å². The van der Waals surface area contributed by atoms with E-state index in [4.69, 9.17) is 10.5 Å². The molecule has 0 saturated heterocycles. The summed E-state index contributed by atoms with van der Waals surface area (Å²) < 4.78 is 5.11. The summed E-state index contributed by atoms with van der Waals surface area (Å²) >= 11 is 1.43. The summed E-state index contributed by atoms with van der Waals surface area (Å²) in [6.45, 7) is 0. The number of benzene rings is 1. The maximum absolute atomic E-state index is 5.62. The molecule has 16 heavy (non-hydrogen) atoms. The average Bonchev–Trinajstić information content (AvgIpc) is 2.29. The molecule has 1 aliphatic heterocycles. The fourth-order valence-electron chi connectivity index (χ4n) is 1.43. The maximum Gasteiger partial charge on any atom is 0.182 e. The molecule has 84 valence electrons. The topological polar surface area (TPSA) is 50.9 Å². The lowest BCUT2D eigenvalue weighted by Gasteiger charge is -2.21. The molecular weight excluding hydrogens is 222 g/mol. The van der Waals surface area contributed by atoms with Gasteiger partial charge in [-0.2, -0.15) is 0 Å². The Hall–Kier alpha value is -1.62. The van der Waals surface area contributed by atoms with Crippen molar-refractivity contribution in [2.75, 3.05) is 14.2 Å². The molecule has 1 aromatic rings. The van der Waals surface area contributed by atoms with E-state index in [2.05, 4.69) is 5.10 Å². The lowest BCUT2D eigenvalue weighted by atomic mass is 10.1. The number of hydrazone groups is 1. The lowest BCUT2D eigenvalue weighted by molar-refractivity contribution is 0.414. The van der Waals surface area contributed by atoms with E-state index >= 15 is 0 Å². The van der Waals surface area contributed by atoms with Gasteiger partial charge in [0.05, 0.1) is 12.8 Å². The number of nitrogens with zero attached hydrogens (tertiary/aromatic N) is 2. The Morgan fingerprint density at radius 1 is 1.31 bits per heavy atom. The van der Waals surface area contributed by atoms with Gasteiger partial charge in [-0.05, 0) is 24.3 Å². The summed E-state index contributed by atoms with van der Waals surface area (Å²) in [4.78, 5) is 0. The van der Waals surface area contributed by atoms with Gasteiger partial charge < -0.3 is 10.5 Å². The van der Waals surface area contributed by atoms with E-state index in [1.54, 1.807) is 12.1 Å². The second-order valence-corrected chi connectivity index (χ2v) is 4.20. The quantitative estimate of drug-likeness (QED) is 0.850. The van der Waals surface area contributed by atoms with Gasteiger partial charge in [-0.15, -0.1) is 5.10 Å². The molecule has 5 heteroatoms. The Labute approximate surface area is 98.8 Å². The SMILES string of the molecule is COc1ccc(C2=CSC(N)=NN2C)cc1. The molecule has 0 atom stereocenters. The Kier molecular flexibility index (Phi) is 3.05. The number of thioether (sulfide) groups is 1. The molecule has 0 aromatic heterocycles. The van der Waals surface area contributed by atoms with Gasteiger partial charge in [0.25, 0.3) is 0 Å². The number of methoxy groups -OCH3 is 1. The van der Waals surface area contributed by atoms with Crippen LogP contribution in [0.4, 0.5) is 0 Å². The van der Waals surface area contributed by atoms with Gasteiger partial charge in [-0.1, -0.05) is 11.8 Å². The van der Waals surface area contributed by atoms with E-state index < -0.39 is 0 Å². The molecule has 0 aliphatic carbocycles. The summed E-state index contributed by atoms with van der Waals surface area (Å²) in [5.74, 6) is 0.846. The minimum atomic E-state index is 0.555. The summed E-state index contributed by atoms with van der Waals surface area (Å²) in [6, 6.07) is 7.85. The molecule has 0 spiro atoms. The van der Waals surface area contributed by atoms with Gasteiger partial charge in [0.1, 0.15) is 5.75 Å². The third kappa shape index (κ3) is 2.14. The average molecular weight is 235 g/mol. The Morgan fingerprint density at radius 2 is 2.00 bits per heavy atom. The number of rotatable bonds is 2. The van der Waals surface area contributed by atoms with Gasteiger partial charge in [0.15, 0.2) is 5.17 Å². The fourth-order valence-corrected chi connectivity index (χ4v) is 2.13. The summed E-state index contributed by atoms with van der Waals surface area (Å²) in [5.41, 5.74) is 7.74. The molecule has 0 amide bonds. The lowest BCUT2D eigenvalue weighted by Crippen LogP contribution is -2.19. The van der Waals surface area contributed by atoms with Crippen LogP contribution in [0.25, 0.3) is 5.70 Å². The highest BCUT2D eigenvalue weighted by Crippen LogP contribution is 2.27. The molecule has 0 fully saturated rings. The van der Waals surface area contributed by atoms with E-state index in [0.717, 1.165) is 17.0 Å². The van der Waals surface area contributed by atoms with Crippen molar-refractivity contribution in [3.63, 3.8) is 0 Å². The van der Waals surface area contributed by atoms with Crippen molar-refractivity contribution in [1.82, 2.24) is 5.01 Å². The first-order valence-corrected chi connectivity index (χ1v) is 5.67. The second-order valence-electron chi connectivity index (χ2n) is 3.31. The van der Waals surface area contributed by atoms with Crippen molar-refractivity contribution in [3.8, 4) is 5.75 Å². The molecule has 0 saturated carbocycles. The van der Waals surface area contributed by atoms with Crippen LogP contribution in [0.3, 0.4) is 0 Å². The van der Waals surface area contributed by atoms with E-state index in [1.165, 1.54) is 11.8 Å². The van der Waals surface area contributed by atoms with Gasteiger partial charge in [-0.25, -0.2) is 0 Å². The van der Waals surface area contributed by atoms with Crippen molar-refractivity contribution < 1.29 is 4.74 Å². The maximum atomic E-state index is 5.62. The highest BCUT2D eigenvalue weighted by atomic mass is 32.2. The van der Waals surface area contributed by atoms with Crippen molar-refractivity contribution in [3.05, 3.63) is 35.2 Å². The first-order chi connectivity index (χ1) is 7.70. The van der Waals surface area contributed by atoms with Crippen LogP contribution in [0, 0.1) is 0 Å². The molecule has 4 nitrogen and oxygen atoms in total. The van der Waals surface area contributed by atoms with Gasteiger partial charge in [-0.3, -0.25) is 5.01 Å². The normalized spacial score (nSPS) is 15.5. The predicted molar refractivity (Wildman–Crippen MR) is 67.9 cm³/mol. The van der Waals surface area contributed by atoms with Crippen molar-refractivity contribution in [1.29, 1.82) is 0 Å². The zero-order valence-electron chi connectivity index (χ0n) is 9.18. The first kappa shape index (κ1) is 10.9. The number of nitrogens with two attached hydrogens (primary N) is 1. The summed E-state index contributed by atoms with van der Waals surface area (Å²) in [6.07, 6.45) is 0. The Morgan fingerprint density at radius 3 is 2.56 bits per heavy atom. The minimum absolute atomic E-state index is 0.555. The van der Waals surface area contributed by atoms with Crippen LogP contribution in [0.2, 0.25) is 0 Å². The first-order valence-electron chi connectivity index (χ1n) is 4.80. The highest BCUT2D eigenvalue weighted by molar-refractivity contribution is 8.16. The van der Waals surface area contributed by atoms with Crippen LogP contribution in [0.5, 0.6) is 5.75 Å². The van der Waals surface area contributed by atoms with Crippen LogP contribution >= 0.6 is 11.8 Å². The predicted octanol–water partition coefficient (Wildman–Crippen LogP) is 1.90. The van der Waals surface area contributed by atoms with Crippen LogP contribution in [-0.2, 0) is 0 Å². The van der Waals surface area contributed by atoms with Crippen LogP contribution in [0.1, 0.15) is 5.56 Å². The molecule has 0 bridgehead atoms. The van der Waals surface area contributed by atoms with Crippen LogP contribution in [0.15, 0.2) is 34.8 Å². The van der Waals surface area contributed by atoms with Crippen molar-refractivity contribution >= 4 is 22.6 Å². The largest absolute Gasteiger partial charge is 0.497 e. The molecule has 1 aromatic carbocycles. The fraction of sp³-hybridized carbons (Fsp3) is 0.182. The smallest absolute Gasteiger partial charge is 0.182 e. The molecule has 0 radical (unpaired) electrons. The standard InChI is InChI=1S/C11H13N3OS/c1-14-10(7-16-11(12)13-14)8-3-5-9(15-2)6-4-8/h3-7H,1-2H3,(H2,12,13). The zero-order chi connectivity index (χ0) is 11.5. The number of amidine groups is 1. The third-order valence-electron chi connectivity index (χ3n) is 2.27. The minimum Gasteiger partial charge on any atom is -0.497 e. The summed E-state index contributed by atoms with van der Waals surface area (Å²) in [5, 5.41) is 8.49. The number of hydrogen-bond donors (Lipinski definition) is 1. The monoisotopic (exact) mass is 235 g/mol. The van der Waals surface area contributed by atoms with Gasteiger partial charge >= 0.3 is 0 Å². The van der Waals surface area contributed by atoms with Gasteiger partial charge in [0, 0.05) is 18.0 Å². The molecular formula is C11H13N3OS. The van der Waals surface area contributed by atoms with E-state index in [-0.39, 0.29) is 0 Å². The summed E-state index contributed by atoms with van der Waals surface area (Å²) in [7, 11) is 3.53. The zero-order valence-corrected chi connectivity index (χ0v) is 9.99. The van der Waals surface area contributed by atoms with E-state index in [1.807, 2.05) is 36.7 Å². The molecule has 0 unspecified atom stereocenters. The number of ether oxygens (including phenoxy) is 1. The molecule has 1 aliphatic rings.